The highest BCUT2D eigenvalue weighted by atomic mass is 16.7. The molecule has 0 amide bonds. The van der Waals surface area contributed by atoms with Gasteiger partial charge in [-0.2, -0.15) is 0 Å². The molecular formula is C27H44O16. The summed E-state index contributed by atoms with van der Waals surface area (Å²) in [5, 5.41) is 61.4. The van der Waals surface area contributed by atoms with Crippen LogP contribution in [0.1, 0.15) is 0 Å². The Morgan fingerprint density at radius 2 is 1.09 bits per heavy atom. The fourth-order valence-corrected chi connectivity index (χ4v) is 4.59. The molecule has 16 heteroatoms. The minimum absolute atomic E-state index is 0.00692. The van der Waals surface area contributed by atoms with Crippen LogP contribution in [0.4, 0.5) is 0 Å². The summed E-state index contributed by atoms with van der Waals surface area (Å²) in [6.07, 6.45) is -13.8. The third-order valence-corrected chi connectivity index (χ3v) is 6.90. The van der Waals surface area contributed by atoms with Gasteiger partial charge in [0.25, 0.3) is 0 Å². The summed E-state index contributed by atoms with van der Waals surface area (Å²) in [6, 6.07) is 5.21. The van der Waals surface area contributed by atoms with Crippen molar-refractivity contribution in [3.8, 4) is 17.2 Å². The summed E-state index contributed by atoms with van der Waals surface area (Å²) < 4.78 is 54.2. The van der Waals surface area contributed by atoms with Crippen molar-refractivity contribution < 1.29 is 78.0 Å². The average Bonchev–Trinajstić information content (AvgIpc) is 3.02. The Kier molecular flexibility index (Phi) is 15.0. The van der Waals surface area contributed by atoms with Gasteiger partial charge in [0.2, 0.25) is 0 Å². The summed E-state index contributed by atoms with van der Waals surface area (Å²) in [6.45, 7) is 0.116. The van der Waals surface area contributed by atoms with E-state index in [2.05, 4.69) is 0 Å². The smallest absolute Gasteiger partial charge is 0.187 e. The van der Waals surface area contributed by atoms with E-state index in [9.17, 15) is 30.6 Å². The van der Waals surface area contributed by atoms with Gasteiger partial charge in [0.15, 0.2) is 12.6 Å². The van der Waals surface area contributed by atoms with E-state index in [1.807, 2.05) is 0 Å². The average molecular weight is 625 g/mol. The van der Waals surface area contributed by atoms with E-state index in [-0.39, 0.29) is 19.8 Å². The highest BCUT2D eigenvalue weighted by molar-refractivity contribution is 5.41. The van der Waals surface area contributed by atoms with E-state index >= 15 is 0 Å². The lowest BCUT2D eigenvalue weighted by molar-refractivity contribution is -0.359. The topological polar surface area (TPSA) is 214 Å². The number of rotatable bonds is 18. The van der Waals surface area contributed by atoms with Crippen molar-refractivity contribution in [1.29, 1.82) is 0 Å². The lowest BCUT2D eigenvalue weighted by atomic mass is 9.97. The molecule has 1 aromatic rings. The largest absolute Gasteiger partial charge is 0.496 e. The molecule has 2 aliphatic rings. The monoisotopic (exact) mass is 624 g/mol. The Morgan fingerprint density at radius 1 is 0.605 bits per heavy atom. The number of aliphatic hydroxyl groups is 6. The molecule has 3 rings (SSSR count). The molecule has 0 aromatic heterocycles. The lowest BCUT2D eigenvalue weighted by Gasteiger charge is -2.46. The summed E-state index contributed by atoms with van der Waals surface area (Å²) >= 11 is 0. The second-order valence-corrected chi connectivity index (χ2v) is 9.71. The van der Waals surface area contributed by atoms with E-state index in [0.717, 1.165) is 0 Å². The summed E-state index contributed by atoms with van der Waals surface area (Å²) in [4.78, 5) is 0. The van der Waals surface area contributed by atoms with Gasteiger partial charge in [0.05, 0.1) is 60.5 Å². The van der Waals surface area contributed by atoms with Crippen LogP contribution in [0, 0.1) is 0 Å². The highest BCUT2D eigenvalue weighted by Crippen LogP contribution is 2.30. The fourth-order valence-electron chi connectivity index (χ4n) is 4.59. The third kappa shape index (κ3) is 9.79. The van der Waals surface area contributed by atoms with E-state index < -0.39 is 74.6 Å². The molecule has 1 aromatic carbocycles. The standard InChI is InChI=1S/C27H44O16/c1-34-15-10-16(35-2)12-17(11-15)39-8-6-37-4-5-38-7-9-40-24-18(13-28)42-27(23(33)20(24)30)43-25-19(14-29)41-26(36-3)22(32)21(25)31/h10-12,18-33H,4-9,13-14H2,1-3H3/t18-,19-,20-,21-,22-,23-,24-,25-,26-,27-/m1/s1. The number of benzene rings is 1. The molecule has 2 heterocycles. The number of methoxy groups -OCH3 is 3. The Balaban J connectivity index is 1.35. The van der Waals surface area contributed by atoms with Crippen molar-refractivity contribution in [2.75, 3.05) is 74.2 Å². The maximum Gasteiger partial charge on any atom is 0.187 e. The number of ether oxygens (including phenoxy) is 10. The van der Waals surface area contributed by atoms with Crippen molar-refractivity contribution in [2.24, 2.45) is 0 Å². The molecule has 0 saturated carbocycles. The molecule has 2 fully saturated rings. The molecule has 2 aliphatic heterocycles. The van der Waals surface area contributed by atoms with Crippen molar-refractivity contribution in [1.82, 2.24) is 0 Å². The highest BCUT2D eigenvalue weighted by Gasteiger charge is 2.51. The molecule has 0 aliphatic carbocycles. The molecule has 0 unspecified atom stereocenters. The predicted molar refractivity (Wildman–Crippen MR) is 144 cm³/mol. The Hall–Kier alpha value is -1.90. The molecule has 0 spiro atoms. The summed E-state index contributed by atoms with van der Waals surface area (Å²) in [7, 11) is 4.36. The zero-order valence-electron chi connectivity index (χ0n) is 24.4. The van der Waals surface area contributed by atoms with Crippen molar-refractivity contribution in [3.63, 3.8) is 0 Å². The minimum atomic E-state index is -1.66. The zero-order valence-corrected chi connectivity index (χ0v) is 24.4. The third-order valence-electron chi connectivity index (χ3n) is 6.90. The van der Waals surface area contributed by atoms with Gasteiger partial charge >= 0.3 is 0 Å². The van der Waals surface area contributed by atoms with Crippen LogP contribution >= 0.6 is 0 Å². The molecule has 43 heavy (non-hydrogen) atoms. The van der Waals surface area contributed by atoms with E-state index in [0.29, 0.717) is 37.1 Å². The van der Waals surface area contributed by atoms with Crippen molar-refractivity contribution in [3.05, 3.63) is 18.2 Å². The minimum Gasteiger partial charge on any atom is -0.496 e. The van der Waals surface area contributed by atoms with Gasteiger partial charge in [-0.15, -0.1) is 0 Å². The van der Waals surface area contributed by atoms with Crippen LogP contribution in [0.15, 0.2) is 18.2 Å². The van der Waals surface area contributed by atoms with Crippen LogP contribution in [0.5, 0.6) is 17.2 Å². The van der Waals surface area contributed by atoms with Gasteiger partial charge in [-0.3, -0.25) is 0 Å². The van der Waals surface area contributed by atoms with Crippen LogP contribution in [-0.2, 0) is 33.2 Å². The second kappa shape index (κ2) is 18.2. The van der Waals surface area contributed by atoms with Crippen LogP contribution in [0.2, 0.25) is 0 Å². The quantitative estimate of drug-likeness (QED) is 0.0925. The summed E-state index contributed by atoms with van der Waals surface area (Å²) in [5.41, 5.74) is 0. The van der Waals surface area contributed by atoms with Gasteiger partial charge in [-0.25, -0.2) is 0 Å². The zero-order chi connectivity index (χ0) is 31.4. The van der Waals surface area contributed by atoms with Crippen LogP contribution in [-0.4, -0.2) is 166 Å². The first-order chi connectivity index (χ1) is 20.8. The predicted octanol–water partition coefficient (Wildman–Crippen LogP) is -2.59. The van der Waals surface area contributed by atoms with Gasteiger partial charge in [-0.05, 0) is 0 Å². The van der Waals surface area contributed by atoms with Gasteiger partial charge in [0, 0.05) is 25.3 Å². The molecular weight excluding hydrogens is 580 g/mol. The Morgan fingerprint density at radius 3 is 1.67 bits per heavy atom. The maximum atomic E-state index is 10.7. The van der Waals surface area contributed by atoms with Gasteiger partial charge < -0.3 is 78.0 Å². The van der Waals surface area contributed by atoms with Crippen LogP contribution in [0.3, 0.4) is 0 Å². The molecule has 2 saturated heterocycles. The maximum absolute atomic E-state index is 10.7. The molecule has 16 nitrogen and oxygen atoms in total. The lowest BCUT2D eigenvalue weighted by Crippen LogP contribution is -2.65. The number of hydrogen-bond donors (Lipinski definition) is 6. The normalized spacial score (nSPS) is 32.9. The van der Waals surface area contributed by atoms with Gasteiger partial charge in [-0.1, -0.05) is 0 Å². The van der Waals surface area contributed by atoms with Crippen molar-refractivity contribution >= 4 is 0 Å². The molecule has 248 valence electrons. The Labute approximate surface area is 249 Å². The Bertz CT molecular complexity index is 897. The first kappa shape index (κ1) is 35.6. The fraction of sp³-hybridized carbons (Fsp3) is 0.778. The SMILES string of the molecule is COc1cc(OC)cc(OCCOCCOCCO[C@H]2[C@H](O)[C@@H](O)[C@@H](O[C@H]3[C@H](O)[C@@H](O)[C@H](OC)O[C@@H]3CO)O[C@@H]2CO)c1. The number of hydrogen-bond acceptors (Lipinski definition) is 16. The summed E-state index contributed by atoms with van der Waals surface area (Å²) in [5.74, 6) is 1.80. The first-order valence-electron chi connectivity index (χ1n) is 13.8. The van der Waals surface area contributed by atoms with Crippen LogP contribution < -0.4 is 14.2 Å². The van der Waals surface area contributed by atoms with Crippen LogP contribution in [0.25, 0.3) is 0 Å². The molecule has 6 N–H and O–H groups in total. The second-order valence-electron chi connectivity index (χ2n) is 9.71. The van der Waals surface area contributed by atoms with E-state index in [1.165, 1.54) is 7.11 Å². The van der Waals surface area contributed by atoms with E-state index in [1.54, 1.807) is 32.4 Å². The van der Waals surface area contributed by atoms with Gasteiger partial charge in [0.1, 0.15) is 72.7 Å². The molecule has 0 radical (unpaired) electrons. The molecule has 0 bridgehead atoms. The first-order valence-corrected chi connectivity index (χ1v) is 13.8. The van der Waals surface area contributed by atoms with E-state index in [4.69, 9.17) is 47.4 Å². The molecule has 10 atom stereocenters. The number of aliphatic hydroxyl groups excluding tert-OH is 6. The van der Waals surface area contributed by atoms with Crippen molar-refractivity contribution in [2.45, 2.75) is 61.4 Å².